The quantitative estimate of drug-likeness (QED) is 0.112. The summed E-state index contributed by atoms with van der Waals surface area (Å²) < 4.78 is 93.5. The summed E-state index contributed by atoms with van der Waals surface area (Å²) in [5.41, 5.74) is 6.99. The first-order chi connectivity index (χ1) is 37.0. The van der Waals surface area contributed by atoms with Gasteiger partial charge in [0.05, 0.1) is 30.4 Å². The molecule has 0 spiro atoms. The topological polar surface area (TPSA) is 29.9 Å². The van der Waals surface area contributed by atoms with Crippen LogP contribution in [-0.4, -0.2) is 14.1 Å². The van der Waals surface area contributed by atoms with Crippen molar-refractivity contribution >= 4 is 60.7 Å². The Bertz CT molecular complexity index is 4270. The molecule has 0 saturated carbocycles. The number of rotatable bonds is 8. The van der Waals surface area contributed by atoms with Crippen LogP contribution in [0.2, 0.25) is 0 Å². The van der Waals surface area contributed by atoms with Gasteiger partial charge >= 0.3 is 0 Å². The minimum absolute atomic E-state index is 0. The Labute approximate surface area is 425 Å². The van der Waals surface area contributed by atoms with E-state index in [2.05, 4.69) is 103 Å². The fourth-order valence-electron chi connectivity index (χ4n) is 9.13. The van der Waals surface area contributed by atoms with Gasteiger partial charge in [-0.15, -0.1) is 23.6 Å². The van der Waals surface area contributed by atoms with Gasteiger partial charge in [-0.05, 0) is 85.4 Å². The van der Waals surface area contributed by atoms with Crippen LogP contribution in [0.4, 0.5) is 17.1 Å². The summed E-state index contributed by atoms with van der Waals surface area (Å²) in [6.45, 7) is 6.58. The second-order valence-electron chi connectivity index (χ2n) is 17.3. The van der Waals surface area contributed by atoms with Gasteiger partial charge < -0.3 is 14.0 Å². The number of fused-ring (bicyclic) bond motifs is 6. The van der Waals surface area contributed by atoms with Crippen LogP contribution in [-0.2, 0) is 26.5 Å². The largest absolute Gasteiger partial charge is 0.359 e. The van der Waals surface area contributed by atoms with Crippen LogP contribution in [0.1, 0.15) is 40.0 Å². The van der Waals surface area contributed by atoms with Crippen LogP contribution in [0.5, 0.6) is 0 Å². The zero-order valence-corrected chi connectivity index (χ0v) is 39.3. The molecule has 3 aromatic heterocycles. The van der Waals surface area contributed by atoms with Crippen molar-refractivity contribution in [1.29, 1.82) is 0 Å². The van der Waals surface area contributed by atoms with Crippen molar-refractivity contribution in [3.8, 4) is 39.4 Å². The standard InChI is InChI=1S/C62H45N5.Pt/c1-62(2,3)46-37-38-63-59(39-46)67-57-36-33-45-23-13-14-28-51(45)60(57)54-35-34-50(41-58(54)67)66(47-24-11-6-12-25-47)49-27-17-26-48(40-49)64-42-65(56-32-16-15-31-55(56)64)61-52(43-19-7-4-8-20-43)29-18-30-53(61)44-21-9-5-10-22-44;/h4-39H,1-3H3;/q-2;/i4D,5D,7D,8D,9D,10D,19D,20D,21D,22D;. The molecule has 0 N–H and O–H groups in total. The molecule has 0 aliphatic heterocycles. The number of hydrogen-bond donors (Lipinski definition) is 0. The second-order valence-corrected chi connectivity index (χ2v) is 17.3. The minimum atomic E-state index is -0.570. The van der Waals surface area contributed by atoms with E-state index in [0.717, 1.165) is 55.3 Å². The zero-order valence-electron chi connectivity index (χ0n) is 47.1. The summed E-state index contributed by atoms with van der Waals surface area (Å²) in [4.78, 5) is 7.06. The van der Waals surface area contributed by atoms with Crippen LogP contribution >= 0.6 is 0 Å². The van der Waals surface area contributed by atoms with Crippen LogP contribution < -0.4 is 9.47 Å². The number of hydrogen-bond acceptors (Lipinski definition) is 2. The van der Waals surface area contributed by atoms with Gasteiger partial charge in [-0.3, -0.25) is 4.57 Å². The summed E-state index contributed by atoms with van der Waals surface area (Å²) in [6, 6.07) is 51.4. The third kappa shape index (κ3) is 7.40. The average molecular weight is 1070 g/mol. The second kappa shape index (κ2) is 17.4. The van der Waals surface area contributed by atoms with Crippen molar-refractivity contribution in [3.05, 3.63) is 242 Å². The molecule has 0 bridgehead atoms. The number of benzene rings is 9. The Morgan fingerprint density at radius 1 is 0.603 bits per heavy atom. The summed E-state index contributed by atoms with van der Waals surface area (Å²) in [5.74, 6) is 0.770. The Morgan fingerprint density at radius 2 is 1.28 bits per heavy atom. The molecular formula is C62H45N5Pt-2. The Morgan fingerprint density at radius 3 is 2.03 bits per heavy atom. The maximum Gasteiger partial charge on any atom is 0.268 e. The van der Waals surface area contributed by atoms with E-state index in [9.17, 15) is 0 Å². The molecule has 330 valence electrons. The number of para-hydroxylation sites is 4. The van der Waals surface area contributed by atoms with Gasteiger partial charge in [-0.2, -0.15) is 24.3 Å². The van der Waals surface area contributed by atoms with Crippen LogP contribution in [0, 0.1) is 18.5 Å². The first kappa shape index (κ1) is 32.8. The summed E-state index contributed by atoms with van der Waals surface area (Å²) >= 11 is 0. The van der Waals surface area contributed by atoms with Crippen molar-refractivity contribution in [2.24, 2.45) is 0 Å². The molecule has 3 heterocycles. The SMILES string of the molecule is [2H]c1c([2H])c([2H])c(-c2cccc(-c3c([2H])c([2H])c([2H])c([2H])c3[2H])c2-[n+]2[c-]n(-c3[c-]c(N(c4[c-]c5c(cc4)c4c6ccccc6ccc4n5-c4cc(C(C)(C)C)ccn4)c4ccccc4)ccc3)c3ccccc32)c([2H])c1[2H].[Pt]. The number of pyridine rings is 1. The van der Waals surface area contributed by atoms with E-state index in [-0.39, 0.29) is 54.4 Å². The molecule has 0 radical (unpaired) electrons. The third-order valence-corrected chi connectivity index (χ3v) is 12.3. The molecule has 0 fully saturated rings. The van der Waals surface area contributed by atoms with Crippen LogP contribution in [0.15, 0.2) is 218 Å². The molecule has 9 aromatic carbocycles. The molecule has 12 aromatic rings. The van der Waals surface area contributed by atoms with Crippen LogP contribution in [0.25, 0.3) is 83.1 Å². The van der Waals surface area contributed by atoms with E-state index in [1.54, 1.807) is 27.3 Å². The molecule has 6 heteroatoms. The van der Waals surface area contributed by atoms with Gasteiger partial charge in [0, 0.05) is 38.5 Å². The summed E-state index contributed by atoms with van der Waals surface area (Å²) in [5, 5.41) is 4.34. The summed E-state index contributed by atoms with van der Waals surface area (Å²) in [7, 11) is 0. The number of anilines is 3. The number of nitrogens with zero attached hydrogens (tertiary/aromatic N) is 5. The number of imidazole rings is 1. The predicted molar refractivity (Wildman–Crippen MR) is 275 cm³/mol. The summed E-state index contributed by atoms with van der Waals surface area (Å²) in [6.07, 6.45) is 5.37. The fourth-order valence-corrected chi connectivity index (χ4v) is 9.13. The predicted octanol–water partition coefficient (Wildman–Crippen LogP) is 15.1. The molecule has 0 unspecified atom stereocenters. The maximum absolute atomic E-state index is 9.11. The molecule has 0 aliphatic rings. The number of aromatic nitrogens is 4. The van der Waals surface area contributed by atoms with E-state index in [4.69, 9.17) is 18.7 Å². The maximum atomic E-state index is 9.11. The normalized spacial score (nSPS) is 13.7. The molecule has 12 rings (SSSR count). The van der Waals surface area contributed by atoms with E-state index in [0.29, 0.717) is 22.4 Å². The molecular weight excluding hydrogens is 1010 g/mol. The minimum Gasteiger partial charge on any atom is -0.359 e. The molecule has 68 heavy (non-hydrogen) atoms. The Kier molecular flexibility index (Phi) is 8.39. The van der Waals surface area contributed by atoms with Gasteiger partial charge in [0.2, 0.25) is 0 Å². The molecule has 0 saturated heterocycles. The zero-order chi connectivity index (χ0) is 53.8. The first-order valence-electron chi connectivity index (χ1n) is 27.0. The van der Waals surface area contributed by atoms with Crippen molar-refractivity contribution in [1.82, 2.24) is 14.1 Å². The molecule has 5 nitrogen and oxygen atoms in total. The average Bonchev–Trinajstić information content (AvgIpc) is 4.22. The van der Waals surface area contributed by atoms with E-state index in [1.807, 2.05) is 85.1 Å². The van der Waals surface area contributed by atoms with E-state index >= 15 is 0 Å². The smallest absolute Gasteiger partial charge is 0.268 e. The third-order valence-electron chi connectivity index (χ3n) is 12.3. The van der Waals surface area contributed by atoms with Gasteiger partial charge in [0.15, 0.2) is 0 Å². The molecule has 0 aliphatic carbocycles. The Hall–Kier alpha value is -7.85. The van der Waals surface area contributed by atoms with Crippen LogP contribution in [0.3, 0.4) is 0 Å². The van der Waals surface area contributed by atoms with E-state index in [1.165, 1.54) is 0 Å². The van der Waals surface area contributed by atoms with E-state index < -0.39 is 60.4 Å². The van der Waals surface area contributed by atoms with Gasteiger partial charge in [-0.25, -0.2) is 4.98 Å². The fraction of sp³-hybridized carbons (Fsp3) is 0.0645. The van der Waals surface area contributed by atoms with Crippen molar-refractivity contribution in [2.45, 2.75) is 26.2 Å². The van der Waals surface area contributed by atoms with Crippen molar-refractivity contribution < 1.29 is 39.3 Å². The van der Waals surface area contributed by atoms with Crippen molar-refractivity contribution in [3.63, 3.8) is 0 Å². The van der Waals surface area contributed by atoms with Gasteiger partial charge in [0.1, 0.15) is 5.82 Å². The van der Waals surface area contributed by atoms with Gasteiger partial charge in [-0.1, -0.05) is 189 Å². The molecule has 0 atom stereocenters. The van der Waals surface area contributed by atoms with Gasteiger partial charge in [0.25, 0.3) is 6.33 Å². The monoisotopic (exact) mass is 1060 g/mol. The first-order valence-corrected chi connectivity index (χ1v) is 22.0. The molecule has 0 amide bonds. The van der Waals surface area contributed by atoms with Crippen molar-refractivity contribution in [2.75, 3.05) is 4.90 Å². The Balaban J connectivity index is 0.00000645.